The second kappa shape index (κ2) is 8.17. The van der Waals surface area contributed by atoms with Gasteiger partial charge in [0.25, 0.3) is 0 Å². The standard InChI is InChI=1S/C16H28N4O/c1-3-12-5-7-13(8-6-12)10-18-15-9-14(17)19-16(20-15)11-21-4-2/h9,12-13H,3-8,10-11H2,1-2H3,(H3,17,18,19,20). The molecule has 1 aromatic heterocycles. The Hall–Kier alpha value is -1.36. The van der Waals surface area contributed by atoms with E-state index in [1.807, 2.05) is 6.92 Å². The fourth-order valence-electron chi connectivity index (χ4n) is 2.96. The minimum Gasteiger partial charge on any atom is -0.384 e. The van der Waals surface area contributed by atoms with E-state index >= 15 is 0 Å². The molecule has 0 aromatic carbocycles. The van der Waals surface area contributed by atoms with Crippen LogP contribution >= 0.6 is 0 Å². The average Bonchev–Trinajstić information content (AvgIpc) is 2.51. The van der Waals surface area contributed by atoms with Crippen molar-refractivity contribution in [3.63, 3.8) is 0 Å². The van der Waals surface area contributed by atoms with Crippen LogP contribution in [0.3, 0.4) is 0 Å². The first kappa shape index (κ1) is 16.0. The molecule has 0 amide bonds. The SMILES string of the molecule is CCOCc1nc(N)cc(NCC2CCC(CC)CC2)n1. The molecule has 3 N–H and O–H groups in total. The molecule has 1 saturated carbocycles. The largest absolute Gasteiger partial charge is 0.384 e. The lowest BCUT2D eigenvalue weighted by molar-refractivity contribution is 0.128. The molecule has 0 radical (unpaired) electrons. The second-order valence-corrected chi connectivity index (χ2v) is 5.91. The molecule has 0 bridgehead atoms. The molecule has 1 heterocycles. The van der Waals surface area contributed by atoms with E-state index in [1.165, 1.54) is 32.1 Å². The zero-order chi connectivity index (χ0) is 15.1. The van der Waals surface area contributed by atoms with E-state index in [1.54, 1.807) is 6.07 Å². The fraction of sp³-hybridized carbons (Fsp3) is 0.750. The van der Waals surface area contributed by atoms with Gasteiger partial charge in [-0.3, -0.25) is 0 Å². The van der Waals surface area contributed by atoms with Gasteiger partial charge in [0.2, 0.25) is 0 Å². The van der Waals surface area contributed by atoms with Crippen molar-refractivity contribution in [1.82, 2.24) is 9.97 Å². The molecule has 0 spiro atoms. The summed E-state index contributed by atoms with van der Waals surface area (Å²) >= 11 is 0. The topological polar surface area (TPSA) is 73.1 Å². The van der Waals surface area contributed by atoms with Gasteiger partial charge in [-0.2, -0.15) is 0 Å². The molecule has 118 valence electrons. The van der Waals surface area contributed by atoms with Crippen molar-refractivity contribution < 1.29 is 4.74 Å². The molecule has 0 unspecified atom stereocenters. The third-order valence-corrected chi connectivity index (χ3v) is 4.34. The number of aromatic nitrogens is 2. The summed E-state index contributed by atoms with van der Waals surface area (Å²) in [5.74, 6) is 3.65. The zero-order valence-electron chi connectivity index (χ0n) is 13.3. The maximum Gasteiger partial charge on any atom is 0.158 e. The molecule has 2 rings (SSSR count). The van der Waals surface area contributed by atoms with E-state index in [9.17, 15) is 0 Å². The smallest absolute Gasteiger partial charge is 0.158 e. The Morgan fingerprint density at radius 2 is 1.90 bits per heavy atom. The van der Waals surface area contributed by atoms with E-state index < -0.39 is 0 Å². The quantitative estimate of drug-likeness (QED) is 0.807. The average molecular weight is 292 g/mol. The van der Waals surface area contributed by atoms with Gasteiger partial charge in [-0.15, -0.1) is 0 Å². The highest BCUT2D eigenvalue weighted by Crippen LogP contribution is 2.30. The molecule has 5 nitrogen and oxygen atoms in total. The van der Waals surface area contributed by atoms with E-state index in [-0.39, 0.29) is 0 Å². The molecule has 0 aliphatic heterocycles. The molecule has 1 aromatic rings. The Labute approximate surface area is 127 Å². The Morgan fingerprint density at radius 3 is 2.57 bits per heavy atom. The van der Waals surface area contributed by atoms with Crippen molar-refractivity contribution in [2.75, 3.05) is 24.2 Å². The van der Waals surface area contributed by atoms with Crippen LogP contribution in [0.25, 0.3) is 0 Å². The van der Waals surface area contributed by atoms with Crippen LogP contribution in [0.2, 0.25) is 0 Å². The number of nitrogen functional groups attached to an aromatic ring is 1. The van der Waals surface area contributed by atoms with Crippen LogP contribution in [0.4, 0.5) is 11.6 Å². The molecule has 1 aliphatic carbocycles. The first-order valence-electron chi connectivity index (χ1n) is 8.16. The molecule has 21 heavy (non-hydrogen) atoms. The normalized spacial score (nSPS) is 22.2. The summed E-state index contributed by atoms with van der Waals surface area (Å²) in [6, 6.07) is 1.80. The predicted molar refractivity (Wildman–Crippen MR) is 86.0 cm³/mol. The highest BCUT2D eigenvalue weighted by molar-refractivity contribution is 5.44. The van der Waals surface area contributed by atoms with E-state index in [0.29, 0.717) is 24.9 Å². The van der Waals surface area contributed by atoms with Crippen LogP contribution in [0, 0.1) is 11.8 Å². The molecular weight excluding hydrogens is 264 g/mol. The Kier molecular flexibility index (Phi) is 6.23. The number of nitrogens with zero attached hydrogens (tertiary/aromatic N) is 2. The number of rotatable bonds is 7. The summed E-state index contributed by atoms with van der Waals surface area (Å²) in [7, 11) is 0. The van der Waals surface area contributed by atoms with Crippen molar-refractivity contribution in [3.8, 4) is 0 Å². The third kappa shape index (κ3) is 5.16. The van der Waals surface area contributed by atoms with E-state index in [4.69, 9.17) is 10.5 Å². The van der Waals surface area contributed by atoms with Gasteiger partial charge in [-0.05, 0) is 31.6 Å². The van der Waals surface area contributed by atoms with Gasteiger partial charge in [-0.25, -0.2) is 9.97 Å². The van der Waals surface area contributed by atoms with Gasteiger partial charge in [0.15, 0.2) is 5.82 Å². The van der Waals surface area contributed by atoms with E-state index in [2.05, 4.69) is 22.2 Å². The number of hydrogen-bond donors (Lipinski definition) is 2. The number of nitrogens with two attached hydrogens (primary N) is 1. The van der Waals surface area contributed by atoms with Gasteiger partial charge in [-0.1, -0.05) is 26.2 Å². The van der Waals surface area contributed by atoms with Crippen molar-refractivity contribution >= 4 is 11.6 Å². The molecule has 0 atom stereocenters. The van der Waals surface area contributed by atoms with Gasteiger partial charge in [0.05, 0.1) is 0 Å². The van der Waals surface area contributed by atoms with Crippen LogP contribution in [-0.2, 0) is 11.3 Å². The minimum absolute atomic E-state index is 0.415. The Bertz CT molecular complexity index is 430. The van der Waals surface area contributed by atoms with Crippen molar-refractivity contribution in [2.24, 2.45) is 11.8 Å². The maximum absolute atomic E-state index is 5.83. The summed E-state index contributed by atoms with van der Waals surface area (Å²) in [6.45, 7) is 6.30. The second-order valence-electron chi connectivity index (χ2n) is 5.91. The minimum atomic E-state index is 0.415. The molecule has 1 fully saturated rings. The summed E-state index contributed by atoms with van der Waals surface area (Å²) in [5.41, 5.74) is 5.83. The van der Waals surface area contributed by atoms with Crippen molar-refractivity contribution in [2.45, 2.75) is 52.6 Å². The lowest BCUT2D eigenvalue weighted by atomic mass is 9.81. The summed E-state index contributed by atoms with van der Waals surface area (Å²) in [4.78, 5) is 8.65. The first-order valence-corrected chi connectivity index (χ1v) is 8.16. The fourth-order valence-corrected chi connectivity index (χ4v) is 2.96. The highest BCUT2D eigenvalue weighted by atomic mass is 16.5. The van der Waals surface area contributed by atoms with Crippen LogP contribution in [0.15, 0.2) is 6.07 Å². The predicted octanol–water partition coefficient (Wildman–Crippen LogP) is 3.22. The van der Waals surface area contributed by atoms with Gasteiger partial charge in [0, 0.05) is 19.2 Å². The molecule has 1 aliphatic rings. The van der Waals surface area contributed by atoms with Crippen LogP contribution in [-0.4, -0.2) is 23.1 Å². The van der Waals surface area contributed by atoms with Crippen LogP contribution in [0.1, 0.15) is 51.8 Å². The zero-order valence-corrected chi connectivity index (χ0v) is 13.3. The first-order chi connectivity index (χ1) is 10.2. The molecule has 5 heteroatoms. The number of nitrogens with one attached hydrogen (secondary N) is 1. The maximum atomic E-state index is 5.83. The van der Waals surface area contributed by atoms with Crippen molar-refractivity contribution in [1.29, 1.82) is 0 Å². The Morgan fingerprint density at radius 1 is 1.19 bits per heavy atom. The van der Waals surface area contributed by atoms with Gasteiger partial charge >= 0.3 is 0 Å². The molecular formula is C16H28N4O. The Balaban J connectivity index is 1.84. The van der Waals surface area contributed by atoms with Crippen molar-refractivity contribution in [3.05, 3.63) is 11.9 Å². The number of ether oxygens (including phenoxy) is 1. The summed E-state index contributed by atoms with van der Waals surface area (Å²) in [5, 5.41) is 3.42. The summed E-state index contributed by atoms with van der Waals surface area (Å²) < 4.78 is 5.34. The number of anilines is 2. The molecule has 0 saturated heterocycles. The lowest BCUT2D eigenvalue weighted by Crippen LogP contribution is -2.21. The third-order valence-electron chi connectivity index (χ3n) is 4.34. The monoisotopic (exact) mass is 292 g/mol. The van der Waals surface area contributed by atoms with Gasteiger partial charge < -0.3 is 15.8 Å². The van der Waals surface area contributed by atoms with Crippen LogP contribution in [0.5, 0.6) is 0 Å². The lowest BCUT2D eigenvalue weighted by Gasteiger charge is -2.28. The van der Waals surface area contributed by atoms with Gasteiger partial charge in [0.1, 0.15) is 18.2 Å². The van der Waals surface area contributed by atoms with E-state index in [0.717, 1.165) is 24.2 Å². The van der Waals surface area contributed by atoms with Crippen LogP contribution < -0.4 is 11.1 Å². The highest BCUT2D eigenvalue weighted by Gasteiger charge is 2.19. The number of hydrogen-bond acceptors (Lipinski definition) is 5. The summed E-state index contributed by atoms with van der Waals surface area (Å²) in [6.07, 6.45) is 6.69.